The van der Waals surface area contributed by atoms with Crippen molar-refractivity contribution in [3.63, 3.8) is 0 Å². The number of rotatable bonds is 15. The molecule has 2 fully saturated rings. The third-order valence-electron chi connectivity index (χ3n) is 11.4. The molecule has 4 atom stereocenters. The maximum Gasteiger partial charge on any atom is 0.336 e. The van der Waals surface area contributed by atoms with Gasteiger partial charge < -0.3 is 18.9 Å². The lowest BCUT2D eigenvalue weighted by molar-refractivity contribution is -0.129. The summed E-state index contributed by atoms with van der Waals surface area (Å²) in [6.45, 7) is 4.06. The summed E-state index contributed by atoms with van der Waals surface area (Å²) in [5.74, 6) is 0.142. The molecular formula is C54H75NO8. The molecule has 1 saturated heterocycles. The number of esters is 2. The molecule has 9 heteroatoms. The van der Waals surface area contributed by atoms with Crippen molar-refractivity contribution in [3.8, 4) is 23.0 Å². The van der Waals surface area contributed by atoms with Crippen LogP contribution >= 0.6 is 0 Å². The molecule has 1 aliphatic heterocycles. The first-order valence-electron chi connectivity index (χ1n) is 19.8. The maximum atomic E-state index is 14.5. The molecule has 0 aromatic heterocycles. The molecule has 6 rings (SSSR count). The van der Waals surface area contributed by atoms with Gasteiger partial charge in [0.25, 0.3) is 0 Å². The summed E-state index contributed by atoms with van der Waals surface area (Å²) in [6.07, 6.45) is 13.8. The minimum absolute atomic E-state index is 0. The van der Waals surface area contributed by atoms with E-state index in [9.17, 15) is 19.2 Å². The number of carbonyl (C=O) groups is 4. The van der Waals surface area contributed by atoms with Crippen molar-refractivity contribution >= 4 is 41.6 Å². The van der Waals surface area contributed by atoms with Crippen molar-refractivity contribution in [2.24, 2.45) is 23.7 Å². The SMILES string of the molecule is C.C.C.C.C.C.CCC(CC(c1ccc(OC(=O)/C=C/c2ccc(OC)cc2)cc1)C1C(=O)N(c2ccc(OC(=O)/C=C/c3ccc(OC)cc3)cc2)C(=O)C1C)C1CCCCC1. The van der Waals surface area contributed by atoms with Gasteiger partial charge in [-0.1, -0.05) is 133 Å². The van der Waals surface area contributed by atoms with Crippen LogP contribution in [0.2, 0.25) is 0 Å². The van der Waals surface area contributed by atoms with Crippen LogP contribution in [-0.2, 0) is 19.2 Å². The molecule has 344 valence electrons. The van der Waals surface area contributed by atoms with Crippen LogP contribution in [0.3, 0.4) is 0 Å². The smallest absolute Gasteiger partial charge is 0.336 e. The minimum Gasteiger partial charge on any atom is -0.497 e. The lowest BCUT2D eigenvalue weighted by Crippen LogP contribution is -2.32. The van der Waals surface area contributed by atoms with Gasteiger partial charge in [-0.3, -0.25) is 14.5 Å². The van der Waals surface area contributed by atoms with Gasteiger partial charge in [0.2, 0.25) is 11.8 Å². The standard InChI is InChI=1S/C48H51NO8.6CH4/c1-5-35(36-9-7-6-8-10-36)31-43(37-17-25-41(26-18-37)56-44(50)29-15-33-11-21-39(54-3)22-12-33)46-32(2)47(52)49(48(46)53)38-19-27-42(28-20-38)57-45(51)30-16-34-13-23-40(55-4)24-14-34;;;;;;/h11-30,32,35-36,43,46H,5-10,31H2,1-4H3;6*1H4/b29-15+,30-16+;;;;;;. The Balaban J connectivity index is 0.00000641. The molecule has 63 heavy (non-hydrogen) atoms. The Morgan fingerprint density at radius 1 is 0.619 bits per heavy atom. The van der Waals surface area contributed by atoms with Gasteiger partial charge in [-0.05, 0) is 114 Å². The molecule has 4 unspecified atom stereocenters. The monoisotopic (exact) mass is 866 g/mol. The molecule has 0 N–H and O–H groups in total. The zero-order valence-corrected chi connectivity index (χ0v) is 33.1. The first kappa shape index (κ1) is 57.0. The van der Waals surface area contributed by atoms with Crippen LogP contribution in [0.4, 0.5) is 5.69 Å². The number of carbonyl (C=O) groups excluding carboxylic acids is 4. The molecule has 9 nitrogen and oxygen atoms in total. The largest absolute Gasteiger partial charge is 0.497 e. The molecular weight excluding hydrogens is 791 g/mol. The summed E-state index contributed by atoms with van der Waals surface area (Å²) in [7, 11) is 3.19. The number of hydrogen-bond acceptors (Lipinski definition) is 8. The number of methoxy groups -OCH3 is 2. The van der Waals surface area contributed by atoms with Crippen LogP contribution in [0.1, 0.15) is 126 Å². The Labute approximate surface area is 379 Å². The molecule has 4 aromatic carbocycles. The predicted molar refractivity (Wildman–Crippen MR) is 261 cm³/mol. The highest BCUT2D eigenvalue weighted by molar-refractivity contribution is 6.22. The maximum absolute atomic E-state index is 14.5. The first-order chi connectivity index (χ1) is 27.7. The van der Waals surface area contributed by atoms with Crippen molar-refractivity contribution in [2.45, 2.75) is 109 Å². The number of ether oxygens (including phenoxy) is 4. The minimum atomic E-state index is -0.587. The number of imide groups is 1. The van der Waals surface area contributed by atoms with Gasteiger partial charge in [-0.25, -0.2) is 9.59 Å². The summed E-state index contributed by atoms with van der Waals surface area (Å²) in [5.41, 5.74) is 3.01. The number of anilines is 1. The van der Waals surface area contributed by atoms with Crippen LogP contribution in [0.5, 0.6) is 23.0 Å². The van der Waals surface area contributed by atoms with Gasteiger partial charge in [0.15, 0.2) is 0 Å². The first-order valence-corrected chi connectivity index (χ1v) is 19.8. The highest BCUT2D eigenvalue weighted by Crippen LogP contribution is 2.46. The zero-order chi connectivity index (χ0) is 40.3. The van der Waals surface area contributed by atoms with E-state index >= 15 is 0 Å². The highest BCUT2D eigenvalue weighted by Gasteiger charge is 2.50. The van der Waals surface area contributed by atoms with E-state index in [0.29, 0.717) is 29.0 Å². The van der Waals surface area contributed by atoms with Crippen molar-refractivity contribution in [1.29, 1.82) is 0 Å². The topological polar surface area (TPSA) is 108 Å². The van der Waals surface area contributed by atoms with Crippen LogP contribution in [-0.4, -0.2) is 38.0 Å². The number of nitrogens with zero attached hydrogens (tertiary/aromatic N) is 1. The van der Waals surface area contributed by atoms with Crippen molar-refractivity contribution in [2.75, 3.05) is 19.1 Å². The molecule has 4 aromatic rings. The van der Waals surface area contributed by atoms with Crippen molar-refractivity contribution in [3.05, 3.63) is 126 Å². The zero-order valence-electron chi connectivity index (χ0n) is 33.1. The third-order valence-corrected chi connectivity index (χ3v) is 11.4. The van der Waals surface area contributed by atoms with Gasteiger partial charge >= 0.3 is 11.9 Å². The lowest BCUT2D eigenvalue weighted by atomic mass is 9.69. The van der Waals surface area contributed by atoms with Crippen LogP contribution in [0.25, 0.3) is 12.2 Å². The molecule has 1 aliphatic carbocycles. The average molecular weight is 866 g/mol. The summed E-state index contributed by atoms with van der Waals surface area (Å²) < 4.78 is 21.5. The number of hydrogen-bond donors (Lipinski definition) is 0. The second kappa shape index (κ2) is 27.2. The van der Waals surface area contributed by atoms with Crippen molar-refractivity contribution in [1.82, 2.24) is 0 Å². The fourth-order valence-corrected chi connectivity index (χ4v) is 8.22. The summed E-state index contributed by atoms with van der Waals surface area (Å²) in [4.78, 5) is 55.0. The quantitative estimate of drug-likeness (QED) is 0.0503. The molecule has 1 saturated carbocycles. The van der Waals surface area contributed by atoms with E-state index in [1.807, 2.05) is 55.5 Å². The second-order valence-corrected chi connectivity index (χ2v) is 14.9. The van der Waals surface area contributed by atoms with Crippen molar-refractivity contribution < 1.29 is 38.1 Å². The Morgan fingerprint density at radius 3 is 1.48 bits per heavy atom. The third kappa shape index (κ3) is 14.6. The Kier molecular flexibility index (Phi) is 24.6. The van der Waals surface area contributed by atoms with Crippen LogP contribution in [0, 0.1) is 23.7 Å². The fraction of sp³-hybridized carbons (Fsp3) is 0.407. The lowest BCUT2D eigenvalue weighted by Gasteiger charge is -2.34. The van der Waals surface area contributed by atoms with Gasteiger partial charge in [0.1, 0.15) is 23.0 Å². The Morgan fingerprint density at radius 2 is 1.05 bits per heavy atom. The Bertz CT molecular complexity index is 2050. The predicted octanol–water partition coefficient (Wildman–Crippen LogP) is 13.7. The summed E-state index contributed by atoms with van der Waals surface area (Å²) in [6, 6.07) is 28.4. The van der Waals surface area contributed by atoms with E-state index in [1.54, 1.807) is 74.9 Å². The number of benzene rings is 4. The van der Waals surface area contributed by atoms with Gasteiger partial charge in [0.05, 0.1) is 25.8 Å². The Hall–Kier alpha value is -5.96. The summed E-state index contributed by atoms with van der Waals surface area (Å²) >= 11 is 0. The van der Waals surface area contributed by atoms with Crippen LogP contribution < -0.4 is 23.8 Å². The van der Waals surface area contributed by atoms with Gasteiger partial charge in [0, 0.05) is 18.1 Å². The van der Waals surface area contributed by atoms with E-state index in [1.165, 1.54) is 49.2 Å². The van der Waals surface area contributed by atoms with E-state index in [-0.39, 0.29) is 62.3 Å². The van der Waals surface area contributed by atoms with Gasteiger partial charge in [-0.2, -0.15) is 0 Å². The molecule has 2 aliphatic rings. The van der Waals surface area contributed by atoms with E-state index in [0.717, 1.165) is 41.0 Å². The van der Waals surface area contributed by atoms with Crippen LogP contribution in [0.15, 0.2) is 109 Å². The molecule has 2 amide bonds. The van der Waals surface area contributed by atoms with Gasteiger partial charge in [-0.15, -0.1) is 0 Å². The molecule has 0 radical (unpaired) electrons. The molecule has 0 spiro atoms. The second-order valence-electron chi connectivity index (χ2n) is 14.9. The van der Waals surface area contributed by atoms with E-state index < -0.39 is 23.8 Å². The normalized spacial score (nSPS) is 16.7. The molecule has 1 heterocycles. The summed E-state index contributed by atoms with van der Waals surface area (Å²) in [5, 5.41) is 0. The highest BCUT2D eigenvalue weighted by atomic mass is 16.5. The fourth-order valence-electron chi connectivity index (χ4n) is 8.22. The van der Waals surface area contributed by atoms with E-state index in [4.69, 9.17) is 18.9 Å². The molecule has 0 bridgehead atoms. The van der Waals surface area contributed by atoms with E-state index in [2.05, 4.69) is 6.92 Å². The average Bonchev–Trinajstić information content (AvgIpc) is 3.47. The number of amides is 2.